The van der Waals surface area contributed by atoms with Crippen molar-refractivity contribution >= 4 is 17.4 Å². The van der Waals surface area contributed by atoms with E-state index in [-0.39, 0.29) is 5.02 Å². The first kappa shape index (κ1) is 13.6. The van der Waals surface area contributed by atoms with Gasteiger partial charge in [0.05, 0.1) is 5.02 Å². The lowest BCUT2D eigenvalue weighted by Gasteiger charge is -2.07. The Morgan fingerprint density at radius 3 is 2.79 bits per heavy atom. The average molecular weight is 281 g/mol. The normalized spacial score (nSPS) is 10.3. The van der Waals surface area contributed by atoms with Gasteiger partial charge in [-0.2, -0.15) is 0 Å². The molecule has 0 aliphatic carbocycles. The second-order valence-corrected chi connectivity index (χ2v) is 4.35. The standard InChI is InChI=1S/C14H14ClFN2O/c1-2-17-14-6-3-10(8-18-14)9-19-11-4-5-12(15)13(16)7-11/h3-8H,2,9H2,1H3,(H,17,18). The molecule has 5 heteroatoms. The van der Waals surface area contributed by atoms with Gasteiger partial charge in [0.1, 0.15) is 24.0 Å². The van der Waals surface area contributed by atoms with Crippen LogP contribution in [0.25, 0.3) is 0 Å². The summed E-state index contributed by atoms with van der Waals surface area (Å²) in [5.74, 6) is 0.779. The summed E-state index contributed by atoms with van der Waals surface area (Å²) in [5.41, 5.74) is 0.914. The third-order valence-corrected chi connectivity index (χ3v) is 2.79. The van der Waals surface area contributed by atoms with E-state index in [1.807, 2.05) is 19.1 Å². The predicted molar refractivity (Wildman–Crippen MR) is 74.1 cm³/mol. The van der Waals surface area contributed by atoms with Gasteiger partial charge in [-0.25, -0.2) is 9.37 Å². The zero-order chi connectivity index (χ0) is 13.7. The number of aromatic nitrogens is 1. The van der Waals surface area contributed by atoms with Gasteiger partial charge in [0.25, 0.3) is 0 Å². The molecule has 1 aromatic carbocycles. The maximum Gasteiger partial charge on any atom is 0.145 e. The monoisotopic (exact) mass is 280 g/mol. The lowest BCUT2D eigenvalue weighted by Crippen LogP contribution is -2.01. The van der Waals surface area contributed by atoms with Crippen molar-refractivity contribution in [2.24, 2.45) is 0 Å². The second-order valence-electron chi connectivity index (χ2n) is 3.95. The van der Waals surface area contributed by atoms with Crippen LogP contribution < -0.4 is 10.1 Å². The van der Waals surface area contributed by atoms with Crippen molar-refractivity contribution in [3.05, 3.63) is 52.9 Å². The van der Waals surface area contributed by atoms with Gasteiger partial charge in [-0.05, 0) is 25.1 Å². The number of hydrogen-bond acceptors (Lipinski definition) is 3. The first-order valence-corrected chi connectivity index (χ1v) is 6.33. The number of nitrogens with one attached hydrogen (secondary N) is 1. The Labute approximate surface area is 116 Å². The second kappa shape index (κ2) is 6.38. The van der Waals surface area contributed by atoms with Crippen molar-refractivity contribution in [1.29, 1.82) is 0 Å². The van der Waals surface area contributed by atoms with E-state index in [0.717, 1.165) is 17.9 Å². The summed E-state index contributed by atoms with van der Waals surface area (Å²) < 4.78 is 18.7. The van der Waals surface area contributed by atoms with Crippen LogP contribution in [-0.4, -0.2) is 11.5 Å². The van der Waals surface area contributed by atoms with Crippen LogP contribution >= 0.6 is 11.6 Å². The number of anilines is 1. The van der Waals surface area contributed by atoms with Crippen LogP contribution in [0.15, 0.2) is 36.5 Å². The fourth-order valence-corrected chi connectivity index (χ4v) is 1.65. The molecule has 0 saturated heterocycles. The zero-order valence-electron chi connectivity index (χ0n) is 10.5. The molecule has 0 saturated carbocycles. The van der Waals surface area contributed by atoms with Crippen molar-refractivity contribution in [3.63, 3.8) is 0 Å². The minimum Gasteiger partial charge on any atom is -0.489 e. The Morgan fingerprint density at radius 1 is 1.32 bits per heavy atom. The molecule has 1 aromatic heterocycles. The number of nitrogens with zero attached hydrogens (tertiary/aromatic N) is 1. The first-order chi connectivity index (χ1) is 9.19. The van der Waals surface area contributed by atoms with E-state index in [2.05, 4.69) is 10.3 Å². The number of ether oxygens (including phenoxy) is 1. The highest BCUT2D eigenvalue weighted by molar-refractivity contribution is 6.30. The van der Waals surface area contributed by atoms with Crippen molar-refractivity contribution < 1.29 is 9.13 Å². The number of hydrogen-bond donors (Lipinski definition) is 1. The van der Waals surface area contributed by atoms with Crippen molar-refractivity contribution in [3.8, 4) is 5.75 Å². The summed E-state index contributed by atoms with van der Waals surface area (Å²) in [4.78, 5) is 4.23. The molecule has 2 aromatic rings. The third kappa shape index (κ3) is 3.83. The summed E-state index contributed by atoms with van der Waals surface area (Å²) in [6.45, 7) is 3.17. The van der Waals surface area contributed by atoms with Crippen LogP contribution in [0.3, 0.4) is 0 Å². The quantitative estimate of drug-likeness (QED) is 0.902. The van der Waals surface area contributed by atoms with E-state index in [1.165, 1.54) is 12.1 Å². The molecule has 0 unspecified atom stereocenters. The first-order valence-electron chi connectivity index (χ1n) is 5.95. The lowest BCUT2D eigenvalue weighted by atomic mass is 10.3. The molecule has 2 rings (SSSR count). The molecular weight excluding hydrogens is 267 g/mol. The van der Waals surface area contributed by atoms with Gasteiger partial charge < -0.3 is 10.1 Å². The van der Waals surface area contributed by atoms with Gasteiger partial charge in [0.15, 0.2) is 0 Å². The van der Waals surface area contributed by atoms with E-state index in [9.17, 15) is 4.39 Å². The summed E-state index contributed by atoms with van der Waals surface area (Å²) in [6, 6.07) is 8.16. The van der Waals surface area contributed by atoms with Gasteiger partial charge in [-0.3, -0.25) is 0 Å². The van der Waals surface area contributed by atoms with Gasteiger partial charge in [-0.15, -0.1) is 0 Å². The Morgan fingerprint density at radius 2 is 2.16 bits per heavy atom. The largest absolute Gasteiger partial charge is 0.489 e. The Bertz CT molecular complexity index is 546. The lowest BCUT2D eigenvalue weighted by molar-refractivity contribution is 0.304. The smallest absolute Gasteiger partial charge is 0.145 e. The molecule has 100 valence electrons. The maximum atomic E-state index is 13.2. The summed E-state index contributed by atoms with van der Waals surface area (Å²) >= 11 is 5.60. The average Bonchev–Trinajstić information content (AvgIpc) is 2.42. The maximum absolute atomic E-state index is 13.2. The van der Waals surface area contributed by atoms with Crippen LogP contribution in [-0.2, 0) is 6.61 Å². The van der Waals surface area contributed by atoms with Crippen LogP contribution in [0.5, 0.6) is 5.75 Å². The Balaban J connectivity index is 1.96. The molecule has 0 aliphatic rings. The molecule has 1 heterocycles. The van der Waals surface area contributed by atoms with Gasteiger partial charge in [0.2, 0.25) is 0 Å². The third-order valence-electron chi connectivity index (χ3n) is 2.48. The summed E-state index contributed by atoms with van der Waals surface area (Å²) in [5, 5.41) is 3.19. The van der Waals surface area contributed by atoms with Gasteiger partial charge >= 0.3 is 0 Å². The highest BCUT2D eigenvalue weighted by Gasteiger charge is 2.02. The van der Waals surface area contributed by atoms with Gasteiger partial charge in [0, 0.05) is 24.4 Å². The van der Waals surface area contributed by atoms with E-state index < -0.39 is 5.82 Å². The van der Waals surface area contributed by atoms with Gasteiger partial charge in [-0.1, -0.05) is 17.7 Å². The van der Waals surface area contributed by atoms with E-state index in [0.29, 0.717) is 12.4 Å². The molecule has 0 amide bonds. The van der Waals surface area contributed by atoms with Crippen molar-refractivity contribution in [2.75, 3.05) is 11.9 Å². The molecule has 0 aliphatic heterocycles. The fourth-order valence-electron chi connectivity index (χ4n) is 1.53. The van der Waals surface area contributed by atoms with Crippen LogP contribution in [0.2, 0.25) is 5.02 Å². The molecule has 0 spiro atoms. The molecule has 3 nitrogen and oxygen atoms in total. The predicted octanol–water partition coefficient (Wildman–Crippen LogP) is 3.88. The van der Waals surface area contributed by atoms with Crippen molar-refractivity contribution in [2.45, 2.75) is 13.5 Å². The van der Waals surface area contributed by atoms with E-state index in [4.69, 9.17) is 16.3 Å². The van der Waals surface area contributed by atoms with Crippen LogP contribution in [0.1, 0.15) is 12.5 Å². The van der Waals surface area contributed by atoms with Crippen molar-refractivity contribution in [1.82, 2.24) is 4.98 Å². The molecule has 0 radical (unpaired) electrons. The topological polar surface area (TPSA) is 34.1 Å². The van der Waals surface area contributed by atoms with E-state index >= 15 is 0 Å². The molecular formula is C14H14ClFN2O. The minimum atomic E-state index is -0.486. The zero-order valence-corrected chi connectivity index (χ0v) is 11.2. The fraction of sp³-hybridized carbons (Fsp3) is 0.214. The number of rotatable bonds is 5. The van der Waals surface area contributed by atoms with Crippen LogP contribution in [0.4, 0.5) is 10.2 Å². The highest BCUT2D eigenvalue weighted by atomic mass is 35.5. The Kier molecular flexibility index (Phi) is 4.58. The molecule has 0 atom stereocenters. The summed E-state index contributed by atoms with van der Waals surface area (Å²) in [7, 11) is 0. The Hall–Kier alpha value is -1.81. The molecule has 19 heavy (non-hydrogen) atoms. The number of pyridine rings is 1. The number of halogens is 2. The SMILES string of the molecule is CCNc1ccc(COc2ccc(Cl)c(F)c2)cn1. The molecule has 1 N–H and O–H groups in total. The molecule has 0 bridgehead atoms. The van der Waals surface area contributed by atoms with E-state index in [1.54, 1.807) is 12.3 Å². The number of benzene rings is 1. The molecule has 0 fully saturated rings. The summed E-state index contributed by atoms with van der Waals surface area (Å²) in [6.07, 6.45) is 1.73. The highest BCUT2D eigenvalue weighted by Crippen LogP contribution is 2.21. The minimum absolute atomic E-state index is 0.0870. The van der Waals surface area contributed by atoms with Crippen LogP contribution in [0, 0.1) is 5.82 Å².